The molecule has 0 radical (unpaired) electrons. The fraction of sp³-hybridized carbons (Fsp3) is 0.154. The summed E-state index contributed by atoms with van der Waals surface area (Å²) in [6.07, 6.45) is 0. The van der Waals surface area contributed by atoms with Crippen molar-refractivity contribution >= 4 is 49.1 Å². The van der Waals surface area contributed by atoms with Crippen molar-refractivity contribution in [3.63, 3.8) is 0 Å². The molecule has 1 heterocycles. The van der Waals surface area contributed by atoms with Gasteiger partial charge >= 0.3 is 0 Å². The average molecular weight is 420 g/mol. The number of hydrazine groups is 1. The Labute approximate surface area is 137 Å². The van der Waals surface area contributed by atoms with Gasteiger partial charge in [-0.25, -0.2) is 5.84 Å². The third-order valence-corrected chi connectivity index (χ3v) is 4.86. The van der Waals surface area contributed by atoms with E-state index >= 15 is 0 Å². The highest BCUT2D eigenvalue weighted by Gasteiger charge is 2.12. The Morgan fingerprint density at radius 3 is 2.80 bits per heavy atom. The quantitative estimate of drug-likeness (QED) is 0.450. The molecule has 106 valence electrons. The van der Waals surface area contributed by atoms with E-state index < -0.39 is 0 Å². The lowest BCUT2D eigenvalue weighted by Crippen LogP contribution is -2.29. The number of thiophene rings is 1. The number of nitrogens with one attached hydrogen (secondary N) is 1. The van der Waals surface area contributed by atoms with Crippen LogP contribution in [0, 0.1) is 6.92 Å². The minimum absolute atomic E-state index is 0.283. The van der Waals surface area contributed by atoms with E-state index in [1.54, 1.807) is 6.07 Å². The van der Waals surface area contributed by atoms with Crippen LogP contribution in [0.25, 0.3) is 0 Å². The van der Waals surface area contributed by atoms with E-state index in [1.165, 1.54) is 11.3 Å². The number of ether oxygens (including phenoxy) is 1. The van der Waals surface area contributed by atoms with Gasteiger partial charge in [0.15, 0.2) is 0 Å². The summed E-state index contributed by atoms with van der Waals surface area (Å²) in [5.74, 6) is 5.60. The molecule has 1 aromatic heterocycles. The van der Waals surface area contributed by atoms with E-state index in [9.17, 15) is 4.79 Å². The summed E-state index contributed by atoms with van der Waals surface area (Å²) in [5.41, 5.74) is 3.10. The Bertz CT molecular complexity index is 643. The van der Waals surface area contributed by atoms with Gasteiger partial charge in [-0.2, -0.15) is 0 Å². The Morgan fingerprint density at radius 2 is 2.15 bits per heavy atom. The predicted molar refractivity (Wildman–Crippen MR) is 86.9 cm³/mol. The molecule has 2 aromatic rings. The van der Waals surface area contributed by atoms with Crippen LogP contribution in [0.3, 0.4) is 0 Å². The van der Waals surface area contributed by atoms with Crippen molar-refractivity contribution < 1.29 is 9.53 Å². The van der Waals surface area contributed by atoms with Crippen LogP contribution < -0.4 is 16.0 Å². The van der Waals surface area contributed by atoms with Crippen LogP contribution in [0.1, 0.15) is 20.1 Å². The minimum atomic E-state index is -0.283. The van der Waals surface area contributed by atoms with Gasteiger partial charge in [0.2, 0.25) is 0 Å². The number of rotatable bonds is 4. The molecule has 0 unspecified atom stereocenters. The van der Waals surface area contributed by atoms with Crippen molar-refractivity contribution in [2.24, 2.45) is 5.84 Å². The Hall–Kier alpha value is -0.890. The van der Waals surface area contributed by atoms with Crippen LogP contribution in [0.4, 0.5) is 0 Å². The lowest BCUT2D eigenvalue weighted by Gasteiger charge is -2.08. The summed E-state index contributed by atoms with van der Waals surface area (Å²) in [6, 6.07) is 7.51. The summed E-state index contributed by atoms with van der Waals surface area (Å²) in [5, 5.41) is 0. The van der Waals surface area contributed by atoms with Crippen LogP contribution in [0.15, 0.2) is 33.2 Å². The summed E-state index contributed by atoms with van der Waals surface area (Å²) >= 11 is 8.23. The smallest absolute Gasteiger partial charge is 0.275 e. The van der Waals surface area contributed by atoms with Gasteiger partial charge in [-0.15, -0.1) is 11.3 Å². The maximum atomic E-state index is 11.5. The van der Waals surface area contributed by atoms with E-state index in [0.717, 1.165) is 25.1 Å². The molecule has 0 aliphatic carbocycles. The molecular weight excluding hydrogens is 408 g/mol. The zero-order valence-corrected chi connectivity index (χ0v) is 14.6. The molecule has 0 aliphatic heterocycles. The molecule has 0 aliphatic rings. The molecule has 0 bridgehead atoms. The van der Waals surface area contributed by atoms with Gasteiger partial charge in [-0.05, 0) is 47.1 Å². The molecule has 20 heavy (non-hydrogen) atoms. The number of nitrogen functional groups attached to an aromatic ring is 1. The number of amides is 1. The molecule has 0 spiro atoms. The molecule has 4 nitrogen and oxygen atoms in total. The summed E-state index contributed by atoms with van der Waals surface area (Å²) in [7, 11) is 0. The molecule has 2 rings (SSSR count). The lowest BCUT2D eigenvalue weighted by molar-refractivity contribution is 0.0957. The van der Waals surface area contributed by atoms with Gasteiger partial charge < -0.3 is 4.74 Å². The van der Waals surface area contributed by atoms with Crippen LogP contribution in [0.2, 0.25) is 0 Å². The van der Waals surface area contributed by atoms with Gasteiger partial charge in [0, 0.05) is 14.9 Å². The highest BCUT2D eigenvalue weighted by Crippen LogP contribution is 2.30. The van der Waals surface area contributed by atoms with E-state index in [-0.39, 0.29) is 5.91 Å². The minimum Gasteiger partial charge on any atom is -0.488 e. The zero-order valence-electron chi connectivity index (χ0n) is 10.6. The number of halogens is 2. The molecule has 0 atom stereocenters. The third kappa shape index (κ3) is 3.60. The molecule has 0 saturated heterocycles. The number of hydrogen-bond donors (Lipinski definition) is 2. The van der Waals surface area contributed by atoms with Crippen molar-refractivity contribution in [2.45, 2.75) is 13.5 Å². The number of nitrogens with two attached hydrogens (primary N) is 1. The van der Waals surface area contributed by atoms with Crippen LogP contribution in [-0.4, -0.2) is 5.91 Å². The predicted octanol–water partition coefficient (Wildman–Crippen LogP) is 3.76. The number of carbonyl (C=O) groups excluding carboxylic acids is 1. The SMILES string of the molecule is Cc1sc(C(=O)NN)cc1COc1ccc(Br)cc1Br. The van der Waals surface area contributed by atoms with Crippen LogP contribution in [-0.2, 0) is 6.61 Å². The average Bonchev–Trinajstić information content (AvgIpc) is 2.78. The topological polar surface area (TPSA) is 64.4 Å². The van der Waals surface area contributed by atoms with Gasteiger partial charge in [0.1, 0.15) is 12.4 Å². The second kappa shape index (κ2) is 6.71. The van der Waals surface area contributed by atoms with Crippen molar-refractivity contribution in [3.8, 4) is 5.75 Å². The molecule has 1 amide bonds. The second-order valence-corrected chi connectivity index (χ2v) is 7.06. The van der Waals surface area contributed by atoms with E-state index in [4.69, 9.17) is 10.6 Å². The van der Waals surface area contributed by atoms with E-state index in [1.807, 2.05) is 25.1 Å². The Balaban J connectivity index is 2.11. The number of aryl methyl sites for hydroxylation is 1. The number of hydrogen-bond acceptors (Lipinski definition) is 4. The standard InChI is InChI=1S/C13H12Br2N2O2S/c1-7-8(4-12(20-7)13(18)17-16)6-19-11-3-2-9(14)5-10(11)15/h2-5H,6,16H2,1H3,(H,17,18). The van der Waals surface area contributed by atoms with Gasteiger partial charge in [0.05, 0.1) is 9.35 Å². The maximum absolute atomic E-state index is 11.5. The first-order valence-electron chi connectivity index (χ1n) is 5.69. The van der Waals surface area contributed by atoms with Crippen molar-refractivity contribution in [3.05, 3.63) is 48.5 Å². The first kappa shape index (κ1) is 15.5. The third-order valence-electron chi connectivity index (χ3n) is 2.65. The first-order valence-corrected chi connectivity index (χ1v) is 8.09. The summed E-state index contributed by atoms with van der Waals surface area (Å²) in [4.78, 5) is 13.1. The summed E-state index contributed by atoms with van der Waals surface area (Å²) < 4.78 is 7.61. The molecule has 0 saturated carbocycles. The first-order chi connectivity index (χ1) is 9.51. The van der Waals surface area contributed by atoms with Crippen molar-refractivity contribution in [1.82, 2.24) is 5.43 Å². The fourth-order valence-electron chi connectivity index (χ4n) is 1.59. The largest absolute Gasteiger partial charge is 0.488 e. The molecule has 7 heteroatoms. The van der Waals surface area contributed by atoms with Gasteiger partial charge in [-0.1, -0.05) is 15.9 Å². The number of carbonyl (C=O) groups is 1. The molecular formula is C13H12Br2N2O2S. The molecule has 0 fully saturated rings. The highest BCUT2D eigenvalue weighted by molar-refractivity contribution is 9.11. The fourth-order valence-corrected chi connectivity index (χ4v) is 3.69. The second-order valence-electron chi connectivity index (χ2n) is 4.03. The van der Waals surface area contributed by atoms with Crippen LogP contribution >= 0.6 is 43.2 Å². The van der Waals surface area contributed by atoms with Crippen LogP contribution in [0.5, 0.6) is 5.75 Å². The Kier molecular flexibility index (Phi) is 5.20. The molecule has 3 N–H and O–H groups in total. The van der Waals surface area contributed by atoms with Crippen molar-refractivity contribution in [1.29, 1.82) is 0 Å². The number of benzene rings is 1. The zero-order chi connectivity index (χ0) is 14.7. The van der Waals surface area contributed by atoms with Gasteiger partial charge in [-0.3, -0.25) is 10.2 Å². The Morgan fingerprint density at radius 1 is 1.40 bits per heavy atom. The summed E-state index contributed by atoms with van der Waals surface area (Å²) in [6.45, 7) is 2.35. The highest BCUT2D eigenvalue weighted by atomic mass is 79.9. The maximum Gasteiger partial charge on any atom is 0.275 e. The molecule has 1 aromatic carbocycles. The lowest BCUT2D eigenvalue weighted by atomic mass is 10.2. The monoisotopic (exact) mass is 418 g/mol. The van der Waals surface area contributed by atoms with Gasteiger partial charge in [0.25, 0.3) is 5.91 Å². The van der Waals surface area contributed by atoms with E-state index in [0.29, 0.717) is 11.5 Å². The van der Waals surface area contributed by atoms with E-state index in [2.05, 4.69) is 37.3 Å². The normalized spacial score (nSPS) is 10.4. The van der Waals surface area contributed by atoms with Crippen molar-refractivity contribution in [2.75, 3.05) is 0 Å².